The van der Waals surface area contributed by atoms with Gasteiger partial charge < -0.3 is 10.1 Å². The summed E-state index contributed by atoms with van der Waals surface area (Å²) < 4.78 is 7.31. The Balaban J connectivity index is 1.93. The van der Waals surface area contributed by atoms with Crippen molar-refractivity contribution in [2.24, 2.45) is 14.1 Å². The average molecular weight is 472 g/mol. The number of aromatic nitrogens is 4. The van der Waals surface area contributed by atoms with Crippen LogP contribution in [0.5, 0.6) is 0 Å². The fourth-order valence-electron chi connectivity index (χ4n) is 3.11. The molecule has 2 heterocycles. The normalized spacial score (nSPS) is 11.1. The Morgan fingerprint density at radius 1 is 1.12 bits per heavy atom. The lowest BCUT2D eigenvalue weighted by Gasteiger charge is -2.13. The second kappa shape index (κ2) is 9.99. The van der Waals surface area contributed by atoms with Crippen LogP contribution in [0.25, 0.3) is 11.0 Å². The predicted octanol–water partition coefficient (Wildman–Crippen LogP) is 2.06. The Kier molecular flexibility index (Phi) is 7.32. The van der Waals surface area contributed by atoms with Gasteiger partial charge in [0.2, 0.25) is 5.91 Å². The summed E-state index contributed by atoms with van der Waals surface area (Å²) in [5, 5.41) is 3.20. The number of thioether (sulfide) groups is 1. The summed E-state index contributed by atoms with van der Waals surface area (Å²) in [6, 6.07) is 6.55. The fraction of sp³-hybridized carbons (Fsp3) is 0.364. The summed E-state index contributed by atoms with van der Waals surface area (Å²) in [5.41, 5.74) is -0.229. The Labute approximate surface area is 194 Å². The van der Waals surface area contributed by atoms with Crippen molar-refractivity contribution in [1.82, 2.24) is 19.1 Å². The number of ether oxygens (including phenoxy) is 1. The summed E-state index contributed by atoms with van der Waals surface area (Å²) in [5.74, 6) is -0.600. The molecule has 3 rings (SSSR count). The molecule has 2 aromatic heterocycles. The lowest BCUT2D eigenvalue weighted by atomic mass is 10.2. The van der Waals surface area contributed by atoms with Crippen molar-refractivity contribution in [3.8, 4) is 0 Å². The largest absolute Gasteiger partial charge is 0.462 e. The van der Waals surface area contributed by atoms with Gasteiger partial charge in [-0.15, -0.1) is 0 Å². The molecule has 0 unspecified atom stereocenters. The van der Waals surface area contributed by atoms with Crippen molar-refractivity contribution in [2.75, 3.05) is 17.7 Å². The number of anilines is 1. The molecule has 0 radical (unpaired) electrons. The van der Waals surface area contributed by atoms with Crippen LogP contribution in [0.2, 0.25) is 0 Å². The van der Waals surface area contributed by atoms with Crippen LogP contribution in [0, 0.1) is 0 Å². The number of rotatable bonds is 7. The Hall–Kier alpha value is -3.47. The highest BCUT2D eigenvalue weighted by Gasteiger charge is 2.20. The summed E-state index contributed by atoms with van der Waals surface area (Å²) in [6.45, 7) is 5.71. The van der Waals surface area contributed by atoms with E-state index in [-0.39, 0.29) is 34.9 Å². The summed E-state index contributed by atoms with van der Waals surface area (Å²) in [7, 11) is 2.92. The molecule has 1 aromatic carbocycles. The number of benzene rings is 1. The maximum Gasteiger partial charge on any atom is 0.340 e. The molecule has 1 amide bonds. The molecule has 0 saturated carbocycles. The molecule has 0 saturated heterocycles. The van der Waals surface area contributed by atoms with Gasteiger partial charge in [0.1, 0.15) is 16.2 Å². The molecule has 0 fully saturated rings. The first-order valence-electron chi connectivity index (χ1n) is 10.3. The lowest BCUT2D eigenvalue weighted by molar-refractivity contribution is -0.113. The van der Waals surface area contributed by atoms with E-state index in [0.29, 0.717) is 16.5 Å². The van der Waals surface area contributed by atoms with Crippen molar-refractivity contribution in [1.29, 1.82) is 0 Å². The molecule has 0 spiro atoms. The number of hydrogen-bond donors (Lipinski definition) is 1. The molecule has 0 bridgehead atoms. The van der Waals surface area contributed by atoms with Crippen molar-refractivity contribution in [3.63, 3.8) is 0 Å². The molecule has 11 heteroatoms. The van der Waals surface area contributed by atoms with Gasteiger partial charge >= 0.3 is 11.7 Å². The van der Waals surface area contributed by atoms with Crippen LogP contribution in [0.15, 0.2) is 38.9 Å². The van der Waals surface area contributed by atoms with Gasteiger partial charge in [-0.05, 0) is 19.1 Å². The minimum atomic E-state index is -0.533. The molecule has 0 aliphatic carbocycles. The Morgan fingerprint density at radius 3 is 2.48 bits per heavy atom. The second-order valence-electron chi connectivity index (χ2n) is 7.55. The monoisotopic (exact) mass is 471 g/mol. The van der Waals surface area contributed by atoms with Crippen LogP contribution < -0.4 is 16.6 Å². The van der Waals surface area contributed by atoms with Crippen molar-refractivity contribution < 1.29 is 14.3 Å². The Morgan fingerprint density at radius 2 is 1.82 bits per heavy atom. The molecule has 1 N–H and O–H groups in total. The summed E-state index contributed by atoms with van der Waals surface area (Å²) >= 11 is 1.06. The number of nitrogens with one attached hydrogen (secondary N) is 1. The van der Waals surface area contributed by atoms with E-state index in [2.05, 4.69) is 15.3 Å². The average Bonchev–Trinajstić information content (AvgIpc) is 2.79. The quantitative estimate of drug-likeness (QED) is 0.315. The third kappa shape index (κ3) is 4.98. The van der Waals surface area contributed by atoms with E-state index in [1.807, 2.05) is 13.8 Å². The molecule has 33 heavy (non-hydrogen) atoms. The lowest BCUT2D eigenvalue weighted by Crippen LogP contribution is -2.38. The summed E-state index contributed by atoms with van der Waals surface area (Å²) in [4.78, 5) is 58.9. The van der Waals surface area contributed by atoms with E-state index in [9.17, 15) is 19.2 Å². The number of fused-ring (bicyclic) bond motifs is 1. The van der Waals surface area contributed by atoms with E-state index in [0.717, 1.165) is 16.3 Å². The fourth-order valence-corrected chi connectivity index (χ4v) is 3.93. The van der Waals surface area contributed by atoms with Gasteiger partial charge in [-0.2, -0.15) is 0 Å². The molecular weight excluding hydrogens is 446 g/mol. The van der Waals surface area contributed by atoms with Crippen molar-refractivity contribution in [2.45, 2.75) is 31.7 Å². The molecule has 0 aliphatic heterocycles. The van der Waals surface area contributed by atoms with E-state index < -0.39 is 23.1 Å². The first kappa shape index (κ1) is 24.2. The van der Waals surface area contributed by atoms with E-state index in [1.165, 1.54) is 18.7 Å². The number of esters is 1. The standard InChI is InChI=1S/C22H25N5O5S/c1-6-32-21(30)13-9-7-8-10-14(13)23-15(28)11-33-19-16-18(24-17(25-19)12(2)3)26(4)22(31)27(5)20(16)29/h7-10,12H,6,11H2,1-5H3,(H,23,28). The zero-order valence-electron chi connectivity index (χ0n) is 19.0. The number of amides is 1. The van der Waals surface area contributed by atoms with Crippen LogP contribution >= 0.6 is 11.8 Å². The second-order valence-corrected chi connectivity index (χ2v) is 8.51. The molecule has 0 aliphatic rings. The number of hydrogen-bond acceptors (Lipinski definition) is 8. The van der Waals surface area contributed by atoms with Gasteiger partial charge in [0, 0.05) is 20.0 Å². The van der Waals surface area contributed by atoms with Gasteiger partial charge in [0.15, 0.2) is 5.65 Å². The van der Waals surface area contributed by atoms with Gasteiger partial charge in [-0.25, -0.2) is 19.6 Å². The van der Waals surface area contributed by atoms with Crippen LogP contribution in [-0.2, 0) is 23.6 Å². The van der Waals surface area contributed by atoms with Gasteiger partial charge in [-0.1, -0.05) is 37.7 Å². The molecule has 3 aromatic rings. The number of para-hydroxylation sites is 1. The zero-order valence-corrected chi connectivity index (χ0v) is 19.9. The molecule has 174 valence electrons. The predicted molar refractivity (Wildman–Crippen MR) is 126 cm³/mol. The van der Waals surface area contributed by atoms with Crippen molar-refractivity contribution in [3.05, 3.63) is 56.5 Å². The minimum Gasteiger partial charge on any atom is -0.462 e. The third-order valence-corrected chi connectivity index (χ3v) is 5.81. The van der Waals surface area contributed by atoms with Crippen LogP contribution in [0.4, 0.5) is 5.69 Å². The van der Waals surface area contributed by atoms with Crippen molar-refractivity contribution >= 4 is 40.4 Å². The number of nitrogens with zero attached hydrogens (tertiary/aromatic N) is 4. The topological polar surface area (TPSA) is 125 Å². The highest BCUT2D eigenvalue weighted by Crippen LogP contribution is 2.25. The smallest absolute Gasteiger partial charge is 0.340 e. The SMILES string of the molecule is CCOC(=O)c1ccccc1NC(=O)CSc1nc(C(C)C)nc2c1c(=O)n(C)c(=O)n2C. The van der Waals surface area contributed by atoms with E-state index in [4.69, 9.17) is 4.74 Å². The molecular formula is C22H25N5O5S. The zero-order chi connectivity index (χ0) is 24.3. The third-order valence-electron chi connectivity index (χ3n) is 4.84. The minimum absolute atomic E-state index is 0.0572. The first-order chi connectivity index (χ1) is 15.6. The van der Waals surface area contributed by atoms with Gasteiger partial charge in [0.05, 0.1) is 23.6 Å². The van der Waals surface area contributed by atoms with Gasteiger partial charge in [0.25, 0.3) is 5.56 Å². The number of aryl methyl sites for hydroxylation is 1. The summed E-state index contributed by atoms with van der Waals surface area (Å²) in [6.07, 6.45) is 0. The van der Waals surface area contributed by atoms with Crippen LogP contribution in [0.3, 0.4) is 0 Å². The van der Waals surface area contributed by atoms with Gasteiger partial charge in [-0.3, -0.25) is 18.7 Å². The van der Waals surface area contributed by atoms with Crippen LogP contribution in [0.1, 0.15) is 42.9 Å². The molecule has 0 atom stereocenters. The molecule has 10 nitrogen and oxygen atoms in total. The Bertz CT molecular complexity index is 1350. The highest BCUT2D eigenvalue weighted by molar-refractivity contribution is 8.00. The number of carbonyl (C=O) groups excluding carboxylic acids is 2. The maximum absolute atomic E-state index is 12.8. The van der Waals surface area contributed by atoms with Crippen LogP contribution in [-0.4, -0.2) is 43.3 Å². The first-order valence-corrected chi connectivity index (χ1v) is 11.3. The van der Waals surface area contributed by atoms with E-state index >= 15 is 0 Å². The highest BCUT2D eigenvalue weighted by atomic mass is 32.2. The number of carbonyl (C=O) groups is 2. The van der Waals surface area contributed by atoms with E-state index in [1.54, 1.807) is 31.2 Å². The maximum atomic E-state index is 12.8.